The molecule has 0 bridgehead atoms. The highest BCUT2D eigenvalue weighted by Crippen LogP contribution is 2.17. The van der Waals surface area contributed by atoms with E-state index in [1.165, 1.54) is 44.2 Å². The van der Waals surface area contributed by atoms with Crippen molar-refractivity contribution < 1.29 is 4.39 Å². The second-order valence-electron chi connectivity index (χ2n) is 5.23. The van der Waals surface area contributed by atoms with Crippen LogP contribution in [0, 0.1) is 5.82 Å². The number of hydrogen-bond acceptors (Lipinski definition) is 2. The number of guanidine groups is 1. The molecule has 110 valence electrons. The van der Waals surface area contributed by atoms with Gasteiger partial charge in [-0.1, -0.05) is 31.4 Å². The van der Waals surface area contributed by atoms with Crippen LogP contribution in [-0.4, -0.2) is 18.5 Å². The first-order valence-electron chi connectivity index (χ1n) is 7.30. The van der Waals surface area contributed by atoms with Crippen LogP contribution in [0.4, 0.5) is 4.39 Å². The molecule has 0 spiro atoms. The Morgan fingerprint density at radius 2 is 1.90 bits per heavy atom. The summed E-state index contributed by atoms with van der Waals surface area (Å²) in [6, 6.07) is 7.00. The van der Waals surface area contributed by atoms with Gasteiger partial charge in [0.15, 0.2) is 0 Å². The Morgan fingerprint density at radius 3 is 2.55 bits per heavy atom. The quantitative estimate of drug-likeness (QED) is 0.342. The van der Waals surface area contributed by atoms with Crippen molar-refractivity contribution >= 4 is 5.96 Å². The van der Waals surface area contributed by atoms with E-state index in [0.29, 0.717) is 18.5 Å². The van der Waals surface area contributed by atoms with Gasteiger partial charge < -0.3 is 5.32 Å². The molecule has 5 heteroatoms. The average Bonchev–Trinajstić information content (AvgIpc) is 2.49. The normalized spacial score (nSPS) is 17.0. The van der Waals surface area contributed by atoms with Gasteiger partial charge in [0.1, 0.15) is 5.82 Å². The SMILES string of the molecule is NNC(=NCCc1ccc(F)cc1)NC1CCCCC1. The van der Waals surface area contributed by atoms with Gasteiger partial charge in [0, 0.05) is 12.6 Å². The average molecular weight is 278 g/mol. The summed E-state index contributed by atoms with van der Waals surface area (Å²) in [5.74, 6) is 5.94. The number of aliphatic imine (C=N–C) groups is 1. The molecule has 0 unspecified atom stereocenters. The Kier molecular flexibility index (Phi) is 5.80. The second kappa shape index (κ2) is 7.85. The summed E-state index contributed by atoms with van der Waals surface area (Å²) in [7, 11) is 0. The Hall–Kier alpha value is -1.62. The third-order valence-electron chi connectivity index (χ3n) is 3.67. The van der Waals surface area contributed by atoms with Crippen LogP contribution in [-0.2, 0) is 6.42 Å². The van der Waals surface area contributed by atoms with Crippen molar-refractivity contribution in [1.29, 1.82) is 0 Å². The fourth-order valence-corrected chi connectivity index (χ4v) is 2.52. The van der Waals surface area contributed by atoms with Crippen LogP contribution in [0.25, 0.3) is 0 Å². The lowest BCUT2D eigenvalue weighted by Crippen LogP contribution is -2.47. The number of nitrogens with zero attached hydrogens (tertiary/aromatic N) is 1. The van der Waals surface area contributed by atoms with Crippen molar-refractivity contribution in [3.8, 4) is 0 Å². The minimum absolute atomic E-state index is 0.208. The summed E-state index contributed by atoms with van der Waals surface area (Å²) >= 11 is 0. The molecule has 0 radical (unpaired) electrons. The largest absolute Gasteiger partial charge is 0.353 e. The first kappa shape index (κ1) is 14.8. The van der Waals surface area contributed by atoms with Crippen LogP contribution in [0.1, 0.15) is 37.7 Å². The van der Waals surface area contributed by atoms with E-state index in [1.54, 1.807) is 12.1 Å². The van der Waals surface area contributed by atoms with E-state index in [4.69, 9.17) is 5.84 Å². The second-order valence-corrected chi connectivity index (χ2v) is 5.23. The predicted molar refractivity (Wildman–Crippen MR) is 79.7 cm³/mol. The summed E-state index contributed by atoms with van der Waals surface area (Å²) in [5.41, 5.74) is 3.70. The van der Waals surface area contributed by atoms with Crippen LogP contribution in [0.3, 0.4) is 0 Å². The van der Waals surface area contributed by atoms with Crippen LogP contribution in [0.15, 0.2) is 29.3 Å². The molecule has 0 aromatic heterocycles. The first-order chi connectivity index (χ1) is 9.78. The van der Waals surface area contributed by atoms with Gasteiger partial charge in [-0.3, -0.25) is 10.4 Å². The maximum absolute atomic E-state index is 12.8. The van der Waals surface area contributed by atoms with Gasteiger partial charge in [-0.25, -0.2) is 10.2 Å². The van der Waals surface area contributed by atoms with E-state index in [9.17, 15) is 4.39 Å². The summed E-state index contributed by atoms with van der Waals surface area (Å²) < 4.78 is 12.8. The third kappa shape index (κ3) is 4.81. The molecule has 1 aromatic carbocycles. The van der Waals surface area contributed by atoms with E-state index in [2.05, 4.69) is 15.7 Å². The molecule has 0 heterocycles. The fourth-order valence-electron chi connectivity index (χ4n) is 2.52. The van der Waals surface area contributed by atoms with Crippen molar-refractivity contribution in [3.63, 3.8) is 0 Å². The van der Waals surface area contributed by atoms with Gasteiger partial charge in [-0.05, 0) is 37.0 Å². The maximum atomic E-state index is 12.8. The minimum Gasteiger partial charge on any atom is -0.353 e. The standard InChI is InChI=1S/C15H23FN4/c16-13-8-6-12(7-9-13)10-11-18-15(20-17)19-14-4-2-1-3-5-14/h6-9,14H,1-5,10-11,17H2,(H2,18,19,20). The molecular formula is C15H23FN4. The fraction of sp³-hybridized carbons (Fsp3) is 0.533. The van der Waals surface area contributed by atoms with Gasteiger partial charge in [-0.2, -0.15) is 0 Å². The molecular weight excluding hydrogens is 255 g/mol. The first-order valence-corrected chi connectivity index (χ1v) is 7.30. The number of hydrazine groups is 1. The number of rotatable bonds is 4. The Morgan fingerprint density at radius 1 is 1.20 bits per heavy atom. The molecule has 1 aliphatic carbocycles. The van der Waals surface area contributed by atoms with Crippen LogP contribution < -0.4 is 16.6 Å². The van der Waals surface area contributed by atoms with E-state index in [1.807, 2.05) is 0 Å². The lowest BCUT2D eigenvalue weighted by atomic mass is 9.96. The number of nitrogens with one attached hydrogen (secondary N) is 2. The molecule has 0 saturated heterocycles. The molecule has 4 N–H and O–H groups in total. The molecule has 0 atom stereocenters. The van der Waals surface area contributed by atoms with Gasteiger partial charge >= 0.3 is 0 Å². The Balaban J connectivity index is 1.79. The molecule has 1 saturated carbocycles. The van der Waals surface area contributed by atoms with Crippen LogP contribution in [0.2, 0.25) is 0 Å². The Labute approximate surface area is 119 Å². The lowest BCUT2D eigenvalue weighted by Gasteiger charge is -2.24. The van der Waals surface area contributed by atoms with Crippen molar-refractivity contribution in [2.75, 3.05) is 6.54 Å². The Bertz CT molecular complexity index is 424. The van der Waals surface area contributed by atoms with Gasteiger partial charge in [0.25, 0.3) is 0 Å². The van der Waals surface area contributed by atoms with E-state index >= 15 is 0 Å². The third-order valence-corrected chi connectivity index (χ3v) is 3.67. The molecule has 2 rings (SSSR count). The lowest BCUT2D eigenvalue weighted by molar-refractivity contribution is 0.410. The zero-order chi connectivity index (χ0) is 14.2. The summed E-state index contributed by atoms with van der Waals surface area (Å²) in [4.78, 5) is 4.43. The molecule has 0 amide bonds. The van der Waals surface area contributed by atoms with E-state index in [0.717, 1.165) is 12.0 Å². The van der Waals surface area contributed by atoms with Crippen molar-refractivity contribution in [2.45, 2.75) is 44.6 Å². The zero-order valence-corrected chi connectivity index (χ0v) is 11.7. The van der Waals surface area contributed by atoms with Crippen LogP contribution in [0.5, 0.6) is 0 Å². The topological polar surface area (TPSA) is 62.4 Å². The maximum Gasteiger partial charge on any atom is 0.205 e. The predicted octanol–water partition coefficient (Wildman–Crippen LogP) is 2.11. The molecule has 0 aliphatic heterocycles. The molecule has 1 aliphatic rings. The number of benzene rings is 1. The zero-order valence-electron chi connectivity index (χ0n) is 11.7. The van der Waals surface area contributed by atoms with Crippen molar-refractivity contribution in [1.82, 2.24) is 10.7 Å². The van der Waals surface area contributed by atoms with Gasteiger partial charge in [0.2, 0.25) is 5.96 Å². The molecule has 20 heavy (non-hydrogen) atoms. The monoisotopic (exact) mass is 278 g/mol. The summed E-state index contributed by atoms with van der Waals surface area (Å²) in [6.07, 6.45) is 7.00. The van der Waals surface area contributed by atoms with Crippen molar-refractivity contribution in [3.05, 3.63) is 35.6 Å². The highest BCUT2D eigenvalue weighted by molar-refractivity contribution is 5.79. The highest BCUT2D eigenvalue weighted by Gasteiger charge is 2.13. The smallest absolute Gasteiger partial charge is 0.205 e. The number of hydrogen-bond donors (Lipinski definition) is 3. The van der Waals surface area contributed by atoms with E-state index in [-0.39, 0.29) is 5.82 Å². The number of nitrogens with two attached hydrogens (primary N) is 1. The van der Waals surface area contributed by atoms with Crippen LogP contribution >= 0.6 is 0 Å². The van der Waals surface area contributed by atoms with E-state index < -0.39 is 0 Å². The molecule has 1 fully saturated rings. The summed E-state index contributed by atoms with van der Waals surface area (Å²) in [6.45, 7) is 0.630. The highest BCUT2D eigenvalue weighted by atomic mass is 19.1. The molecule has 4 nitrogen and oxygen atoms in total. The molecule has 1 aromatic rings. The number of halogens is 1. The minimum atomic E-state index is -0.208. The van der Waals surface area contributed by atoms with Gasteiger partial charge in [0.05, 0.1) is 0 Å². The van der Waals surface area contributed by atoms with Gasteiger partial charge in [-0.15, -0.1) is 0 Å². The van der Waals surface area contributed by atoms with Crippen molar-refractivity contribution in [2.24, 2.45) is 10.8 Å². The summed E-state index contributed by atoms with van der Waals surface area (Å²) in [5, 5.41) is 3.35.